The molecule has 0 heterocycles. The number of carbonyl (C=O) groups is 1. The second-order valence-corrected chi connectivity index (χ2v) is 4.75. The van der Waals surface area contributed by atoms with Gasteiger partial charge in [0.25, 0.3) is 0 Å². The Hall–Kier alpha value is -0.280. The minimum absolute atomic E-state index is 0.125. The third kappa shape index (κ3) is 2.35. The number of ketones is 1. The topological polar surface area (TPSA) is 17.1 Å². The number of hydrogen-bond acceptors (Lipinski definition) is 2. The second kappa shape index (κ2) is 4.67. The predicted molar refractivity (Wildman–Crippen MR) is 57.0 cm³/mol. The summed E-state index contributed by atoms with van der Waals surface area (Å²) >= 11 is 4.79. The van der Waals surface area contributed by atoms with Crippen LogP contribution in [-0.2, 0) is 0 Å². The van der Waals surface area contributed by atoms with Gasteiger partial charge in [0, 0.05) is 5.56 Å². The van der Waals surface area contributed by atoms with Crippen LogP contribution in [-0.4, -0.2) is 16.2 Å². The van der Waals surface area contributed by atoms with E-state index in [0.717, 1.165) is 5.56 Å². The van der Waals surface area contributed by atoms with Crippen LogP contribution >= 0.6 is 27.7 Å². The fourth-order valence-corrected chi connectivity index (χ4v) is 1.45. The van der Waals surface area contributed by atoms with Crippen LogP contribution in [0.3, 0.4) is 0 Å². The quantitative estimate of drug-likeness (QED) is 0.601. The lowest BCUT2D eigenvalue weighted by atomic mass is 10.2. The van der Waals surface area contributed by atoms with Crippen LogP contribution in [0.5, 0.6) is 0 Å². The molecule has 1 aromatic rings. The Morgan fingerprint density at radius 1 is 1.42 bits per heavy atom. The molecule has 0 aliphatic carbocycles. The summed E-state index contributed by atoms with van der Waals surface area (Å²) in [5.41, 5.74) is 0.758. The fraction of sp³-hybridized carbons (Fsp3) is 0.222. The number of thioether (sulfide) groups is 1. The molecule has 0 bridgehead atoms. The molecule has 1 nitrogen and oxygen atoms in total. The largest absolute Gasteiger partial charge is 0.292 e. The summed E-state index contributed by atoms with van der Waals surface area (Å²) in [5.74, 6) is 0.128. The third-order valence-corrected chi connectivity index (χ3v) is 3.64. The summed E-state index contributed by atoms with van der Waals surface area (Å²) in [4.78, 5) is 11.5. The summed E-state index contributed by atoms with van der Waals surface area (Å²) < 4.78 is -0.125. The number of benzene rings is 1. The minimum Gasteiger partial charge on any atom is -0.292 e. The van der Waals surface area contributed by atoms with Gasteiger partial charge in [-0.05, 0) is 6.26 Å². The Bertz CT molecular complexity index is 260. The van der Waals surface area contributed by atoms with Crippen molar-refractivity contribution in [3.63, 3.8) is 0 Å². The van der Waals surface area contributed by atoms with E-state index in [4.69, 9.17) is 0 Å². The van der Waals surface area contributed by atoms with Crippen molar-refractivity contribution in [2.24, 2.45) is 0 Å². The molecule has 0 N–H and O–H groups in total. The monoisotopic (exact) mass is 244 g/mol. The second-order valence-electron chi connectivity index (χ2n) is 2.28. The molecule has 0 saturated heterocycles. The molecule has 0 fully saturated rings. The first-order valence-corrected chi connectivity index (χ1v) is 5.72. The summed E-state index contributed by atoms with van der Waals surface area (Å²) in [6, 6.07) is 9.29. The predicted octanol–water partition coefficient (Wildman–Crippen LogP) is 2.95. The molecule has 0 spiro atoms. The highest BCUT2D eigenvalue weighted by molar-refractivity contribution is 9.11. The van der Waals surface area contributed by atoms with Gasteiger partial charge in [0.1, 0.15) is 4.16 Å². The van der Waals surface area contributed by atoms with E-state index in [1.165, 1.54) is 11.8 Å². The van der Waals surface area contributed by atoms with Gasteiger partial charge in [-0.1, -0.05) is 46.3 Å². The number of rotatable bonds is 3. The van der Waals surface area contributed by atoms with Gasteiger partial charge < -0.3 is 0 Å². The van der Waals surface area contributed by atoms with Crippen LogP contribution in [0.25, 0.3) is 0 Å². The molecule has 0 radical (unpaired) electrons. The average molecular weight is 245 g/mol. The fourth-order valence-electron chi connectivity index (χ4n) is 0.840. The van der Waals surface area contributed by atoms with Crippen molar-refractivity contribution in [2.75, 3.05) is 6.26 Å². The van der Waals surface area contributed by atoms with E-state index >= 15 is 0 Å². The minimum atomic E-state index is -0.125. The molecule has 1 rings (SSSR count). The van der Waals surface area contributed by atoms with Gasteiger partial charge in [-0.3, -0.25) is 4.79 Å². The van der Waals surface area contributed by atoms with E-state index in [2.05, 4.69) is 15.9 Å². The lowest BCUT2D eigenvalue weighted by molar-refractivity contribution is 0.101. The maximum Gasteiger partial charge on any atom is 0.186 e. The van der Waals surface area contributed by atoms with Crippen molar-refractivity contribution in [3.05, 3.63) is 35.9 Å². The summed E-state index contributed by atoms with van der Waals surface area (Å²) in [6.45, 7) is 0. The smallest absolute Gasteiger partial charge is 0.186 e. The number of Topliss-reactive ketones (excluding diaryl/α,β-unsaturated/α-hetero) is 1. The van der Waals surface area contributed by atoms with Gasteiger partial charge in [-0.2, -0.15) is 0 Å². The highest BCUT2D eigenvalue weighted by Gasteiger charge is 2.14. The molecule has 3 heteroatoms. The third-order valence-electron chi connectivity index (χ3n) is 1.47. The summed E-state index contributed by atoms with van der Waals surface area (Å²) in [5, 5.41) is 0. The number of carbonyl (C=O) groups excluding carboxylic acids is 1. The molecule has 1 aromatic carbocycles. The van der Waals surface area contributed by atoms with Crippen LogP contribution in [0.15, 0.2) is 30.3 Å². The lowest BCUT2D eigenvalue weighted by Crippen LogP contribution is -2.09. The highest BCUT2D eigenvalue weighted by atomic mass is 79.9. The Kier molecular flexibility index (Phi) is 3.82. The van der Waals surface area contributed by atoms with E-state index in [1.807, 2.05) is 36.6 Å². The molecule has 0 saturated carbocycles. The molecule has 64 valence electrons. The Labute approximate surface area is 84.7 Å². The van der Waals surface area contributed by atoms with Gasteiger partial charge in [-0.15, -0.1) is 11.8 Å². The van der Waals surface area contributed by atoms with Gasteiger partial charge >= 0.3 is 0 Å². The van der Waals surface area contributed by atoms with Gasteiger partial charge in [0.2, 0.25) is 0 Å². The van der Waals surface area contributed by atoms with E-state index in [1.54, 1.807) is 0 Å². The van der Waals surface area contributed by atoms with Gasteiger partial charge in [0.05, 0.1) is 0 Å². The zero-order chi connectivity index (χ0) is 8.97. The van der Waals surface area contributed by atoms with Crippen molar-refractivity contribution in [1.29, 1.82) is 0 Å². The number of hydrogen-bond donors (Lipinski definition) is 0. The average Bonchev–Trinajstić information content (AvgIpc) is 2.17. The normalized spacial score (nSPS) is 12.5. The molecule has 0 aliphatic heterocycles. The lowest BCUT2D eigenvalue weighted by Gasteiger charge is -2.04. The Morgan fingerprint density at radius 3 is 2.50 bits per heavy atom. The maximum atomic E-state index is 11.5. The molecule has 1 unspecified atom stereocenters. The van der Waals surface area contributed by atoms with Crippen LogP contribution < -0.4 is 0 Å². The zero-order valence-corrected chi connectivity index (χ0v) is 9.06. The van der Waals surface area contributed by atoms with Gasteiger partial charge in [0.15, 0.2) is 5.78 Å². The zero-order valence-electron chi connectivity index (χ0n) is 6.66. The molecule has 0 aliphatic rings. The molecular weight excluding hydrogens is 236 g/mol. The van der Waals surface area contributed by atoms with Crippen molar-refractivity contribution < 1.29 is 4.79 Å². The SMILES string of the molecule is CSC(Br)C(=O)c1ccccc1. The molecule has 0 amide bonds. The van der Waals surface area contributed by atoms with Crippen molar-refractivity contribution in [1.82, 2.24) is 0 Å². The van der Waals surface area contributed by atoms with E-state index in [0.29, 0.717) is 0 Å². The van der Waals surface area contributed by atoms with E-state index < -0.39 is 0 Å². The maximum absolute atomic E-state index is 11.5. The van der Waals surface area contributed by atoms with Crippen LogP contribution in [0.4, 0.5) is 0 Å². The number of halogens is 1. The van der Waals surface area contributed by atoms with E-state index in [-0.39, 0.29) is 9.94 Å². The standard InChI is InChI=1S/C9H9BrOS/c1-12-9(10)8(11)7-5-3-2-4-6-7/h2-6,9H,1H3. The van der Waals surface area contributed by atoms with Crippen LogP contribution in [0.2, 0.25) is 0 Å². The van der Waals surface area contributed by atoms with Crippen LogP contribution in [0, 0.1) is 0 Å². The highest BCUT2D eigenvalue weighted by Crippen LogP contribution is 2.18. The van der Waals surface area contributed by atoms with Gasteiger partial charge in [-0.25, -0.2) is 0 Å². The first kappa shape index (κ1) is 9.81. The van der Waals surface area contributed by atoms with Crippen molar-refractivity contribution in [3.8, 4) is 0 Å². The van der Waals surface area contributed by atoms with E-state index in [9.17, 15) is 4.79 Å². The molecule has 12 heavy (non-hydrogen) atoms. The first-order chi connectivity index (χ1) is 5.75. The Balaban J connectivity index is 2.79. The summed E-state index contributed by atoms with van der Waals surface area (Å²) in [7, 11) is 0. The Morgan fingerprint density at radius 2 is 2.00 bits per heavy atom. The first-order valence-electron chi connectivity index (χ1n) is 3.52. The van der Waals surface area contributed by atoms with Crippen molar-refractivity contribution in [2.45, 2.75) is 4.16 Å². The van der Waals surface area contributed by atoms with Crippen molar-refractivity contribution >= 4 is 33.5 Å². The molecule has 1 atom stereocenters. The van der Waals surface area contributed by atoms with Crippen LogP contribution in [0.1, 0.15) is 10.4 Å². The molecular formula is C9H9BrOS. The molecule has 0 aromatic heterocycles. The summed E-state index contributed by atoms with van der Waals surface area (Å²) in [6.07, 6.45) is 1.90. The number of alkyl halides is 1.